The summed E-state index contributed by atoms with van der Waals surface area (Å²) in [5.41, 5.74) is 1.64. The van der Waals surface area contributed by atoms with E-state index in [0.717, 1.165) is 24.8 Å². The van der Waals surface area contributed by atoms with Crippen LogP contribution in [0.5, 0.6) is 0 Å². The number of hydrazine groups is 1. The Balaban J connectivity index is 2.22. The molecule has 0 aliphatic heterocycles. The van der Waals surface area contributed by atoms with Crippen LogP contribution in [-0.2, 0) is 30.3 Å². The number of hydrogen-bond acceptors (Lipinski definition) is 7. The van der Waals surface area contributed by atoms with Gasteiger partial charge in [0.05, 0.1) is 11.7 Å². The fourth-order valence-corrected chi connectivity index (χ4v) is 5.26. The number of carbonyl (C=O) groups is 4. The number of ether oxygens (including phenoxy) is 2. The van der Waals surface area contributed by atoms with Crippen LogP contribution in [0.4, 0.5) is 4.79 Å². The first-order valence-corrected chi connectivity index (χ1v) is 15.3. The molecule has 0 aromatic heterocycles. The van der Waals surface area contributed by atoms with Crippen molar-refractivity contribution in [3.05, 3.63) is 35.9 Å². The first kappa shape index (κ1) is 36.0. The Morgan fingerprint density at radius 2 is 1.49 bits per heavy atom. The zero-order valence-electron chi connectivity index (χ0n) is 27.1. The molecule has 1 aliphatic carbocycles. The molecule has 6 N–H and O–H groups in total. The Hall–Kier alpha value is -3.18. The third kappa shape index (κ3) is 12.9. The van der Waals surface area contributed by atoms with E-state index in [9.17, 15) is 19.2 Å². The molecular formula is C32H53N5O6. The Labute approximate surface area is 256 Å². The zero-order chi connectivity index (χ0) is 32.4. The lowest BCUT2D eigenvalue weighted by Crippen LogP contribution is -2.60. The molecule has 2 rings (SSSR count). The first-order chi connectivity index (χ1) is 20.0. The van der Waals surface area contributed by atoms with E-state index in [1.807, 2.05) is 78.8 Å². The standard InChI is InChI=1S/C32H53N5O6/c1-20(2)17-24(28(39)36-26(29(40)37-33)21(3)42-31(4,5)6)34-27(38)25(18-22-13-10-9-11-14-22)35-30(41)43-32(7,8)19-23-15-12-16-23/h9-11,13-14,20-21,23-26H,12,15-19,33H2,1-8H3,(H,34,38)(H,35,41)(H,36,39)(H,37,40)/t21-,24+,25+,26+/m1/s1. The Bertz CT molecular complexity index is 1070. The first-order valence-electron chi connectivity index (χ1n) is 15.3. The predicted octanol–water partition coefficient (Wildman–Crippen LogP) is 3.50. The van der Waals surface area contributed by atoms with Crippen LogP contribution in [0.3, 0.4) is 0 Å². The minimum atomic E-state index is -1.10. The van der Waals surface area contributed by atoms with Gasteiger partial charge in [-0.05, 0) is 71.8 Å². The minimum Gasteiger partial charge on any atom is -0.444 e. The van der Waals surface area contributed by atoms with Gasteiger partial charge < -0.3 is 25.4 Å². The quantitative estimate of drug-likeness (QED) is 0.116. The lowest BCUT2D eigenvalue weighted by Gasteiger charge is -2.34. The highest BCUT2D eigenvalue weighted by Crippen LogP contribution is 2.35. The number of hydrogen-bond donors (Lipinski definition) is 5. The molecule has 0 spiro atoms. The van der Waals surface area contributed by atoms with Crippen molar-refractivity contribution in [3.63, 3.8) is 0 Å². The van der Waals surface area contributed by atoms with Crippen LogP contribution < -0.4 is 27.2 Å². The molecule has 0 bridgehead atoms. The van der Waals surface area contributed by atoms with Gasteiger partial charge in [0.1, 0.15) is 23.7 Å². The average molecular weight is 604 g/mol. The van der Waals surface area contributed by atoms with Crippen molar-refractivity contribution < 1.29 is 28.7 Å². The second-order valence-corrected chi connectivity index (χ2v) is 13.7. The average Bonchev–Trinajstić information content (AvgIpc) is 2.87. The molecule has 4 atom stereocenters. The van der Waals surface area contributed by atoms with Crippen molar-refractivity contribution in [1.82, 2.24) is 21.4 Å². The van der Waals surface area contributed by atoms with Crippen molar-refractivity contribution in [2.24, 2.45) is 17.7 Å². The molecular weight excluding hydrogens is 550 g/mol. The van der Waals surface area contributed by atoms with Gasteiger partial charge in [-0.1, -0.05) is 63.4 Å². The number of nitrogens with two attached hydrogens (primary N) is 1. The summed E-state index contributed by atoms with van der Waals surface area (Å²) in [6, 6.07) is 6.18. The maximum absolute atomic E-state index is 13.7. The van der Waals surface area contributed by atoms with Gasteiger partial charge in [0.2, 0.25) is 11.8 Å². The second kappa shape index (κ2) is 16.0. The van der Waals surface area contributed by atoms with E-state index in [1.54, 1.807) is 6.92 Å². The number of alkyl carbamates (subject to hydrolysis) is 1. The van der Waals surface area contributed by atoms with Gasteiger partial charge in [-0.3, -0.25) is 19.8 Å². The molecule has 1 aliphatic rings. The van der Waals surface area contributed by atoms with Crippen molar-refractivity contribution >= 4 is 23.8 Å². The molecule has 1 saturated carbocycles. The fourth-order valence-electron chi connectivity index (χ4n) is 5.26. The second-order valence-electron chi connectivity index (χ2n) is 13.7. The molecule has 0 unspecified atom stereocenters. The third-order valence-corrected chi connectivity index (χ3v) is 7.34. The third-order valence-electron chi connectivity index (χ3n) is 7.34. The van der Waals surface area contributed by atoms with Crippen molar-refractivity contribution in [2.45, 2.75) is 129 Å². The maximum Gasteiger partial charge on any atom is 0.408 e. The summed E-state index contributed by atoms with van der Waals surface area (Å²) >= 11 is 0. The highest BCUT2D eigenvalue weighted by molar-refractivity contribution is 5.94. The van der Waals surface area contributed by atoms with Crippen LogP contribution >= 0.6 is 0 Å². The molecule has 242 valence electrons. The van der Waals surface area contributed by atoms with E-state index in [2.05, 4.69) is 21.4 Å². The molecule has 0 radical (unpaired) electrons. The number of nitrogens with one attached hydrogen (secondary N) is 4. The number of benzene rings is 1. The summed E-state index contributed by atoms with van der Waals surface area (Å²) in [6.07, 6.45) is 3.27. The van der Waals surface area contributed by atoms with Crippen LogP contribution in [-0.4, -0.2) is 59.2 Å². The Kier molecular flexibility index (Phi) is 13.4. The number of amides is 4. The van der Waals surface area contributed by atoms with Crippen LogP contribution in [0.15, 0.2) is 30.3 Å². The summed E-state index contributed by atoms with van der Waals surface area (Å²) in [5, 5.41) is 8.25. The Morgan fingerprint density at radius 3 is 2.00 bits per heavy atom. The lowest BCUT2D eigenvalue weighted by atomic mass is 9.78. The molecule has 1 aromatic carbocycles. The molecule has 1 fully saturated rings. The van der Waals surface area contributed by atoms with Gasteiger partial charge in [0, 0.05) is 6.42 Å². The molecule has 1 aromatic rings. The Morgan fingerprint density at radius 1 is 0.884 bits per heavy atom. The molecule has 43 heavy (non-hydrogen) atoms. The zero-order valence-corrected chi connectivity index (χ0v) is 27.1. The topological polar surface area (TPSA) is 161 Å². The van der Waals surface area contributed by atoms with Gasteiger partial charge in [-0.15, -0.1) is 0 Å². The largest absolute Gasteiger partial charge is 0.444 e. The summed E-state index contributed by atoms with van der Waals surface area (Å²) in [6.45, 7) is 14.8. The van der Waals surface area contributed by atoms with Crippen LogP contribution in [0.1, 0.15) is 93.1 Å². The molecule has 0 saturated heterocycles. The summed E-state index contributed by atoms with van der Waals surface area (Å²) in [4.78, 5) is 52.8. The van der Waals surface area contributed by atoms with E-state index in [4.69, 9.17) is 15.3 Å². The highest BCUT2D eigenvalue weighted by Gasteiger charge is 2.35. The molecule has 11 nitrogen and oxygen atoms in total. The highest BCUT2D eigenvalue weighted by atomic mass is 16.6. The van der Waals surface area contributed by atoms with Crippen LogP contribution in [0, 0.1) is 11.8 Å². The van der Waals surface area contributed by atoms with Crippen LogP contribution in [0.25, 0.3) is 0 Å². The predicted molar refractivity (Wildman–Crippen MR) is 166 cm³/mol. The lowest BCUT2D eigenvalue weighted by molar-refractivity contribution is -0.139. The van der Waals surface area contributed by atoms with Crippen molar-refractivity contribution in [2.75, 3.05) is 0 Å². The van der Waals surface area contributed by atoms with E-state index >= 15 is 0 Å². The summed E-state index contributed by atoms with van der Waals surface area (Å²) < 4.78 is 11.7. The van der Waals surface area contributed by atoms with Gasteiger partial charge in [-0.2, -0.15) is 0 Å². The van der Waals surface area contributed by atoms with E-state index in [-0.39, 0.29) is 12.3 Å². The monoisotopic (exact) mass is 603 g/mol. The number of carbonyl (C=O) groups excluding carboxylic acids is 4. The summed E-state index contributed by atoms with van der Waals surface area (Å²) in [7, 11) is 0. The minimum absolute atomic E-state index is 0.0267. The van der Waals surface area contributed by atoms with E-state index in [0.29, 0.717) is 12.3 Å². The van der Waals surface area contributed by atoms with Gasteiger partial charge in [0.15, 0.2) is 0 Å². The van der Waals surface area contributed by atoms with E-state index in [1.165, 1.54) is 6.42 Å². The maximum atomic E-state index is 13.7. The van der Waals surface area contributed by atoms with Crippen LogP contribution in [0.2, 0.25) is 0 Å². The van der Waals surface area contributed by atoms with Gasteiger partial charge >= 0.3 is 6.09 Å². The van der Waals surface area contributed by atoms with Gasteiger partial charge in [-0.25, -0.2) is 10.6 Å². The molecule has 0 heterocycles. The van der Waals surface area contributed by atoms with E-state index < -0.39 is 59.2 Å². The normalized spacial score (nSPS) is 16.7. The number of rotatable bonds is 15. The van der Waals surface area contributed by atoms with Crippen molar-refractivity contribution in [1.29, 1.82) is 0 Å². The van der Waals surface area contributed by atoms with Gasteiger partial charge in [0.25, 0.3) is 5.91 Å². The molecule has 4 amide bonds. The fraction of sp³-hybridized carbons (Fsp3) is 0.688. The molecule has 11 heteroatoms. The SMILES string of the molecule is CC(C)C[C@H](NC(=O)[C@H](Cc1ccccc1)NC(=O)OC(C)(C)CC1CCC1)C(=O)N[C@H](C(=O)NN)[C@@H](C)OC(C)(C)C. The van der Waals surface area contributed by atoms with Crippen molar-refractivity contribution in [3.8, 4) is 0 Å². The smallest absolute Gasteiger partial charge is 0.408 e. The summed E-state index contributed by atoms with van der Waals surface area (Å²) in [5.74, 6) is 4.22.